The zero-order valence-corrected chi connectivity index (χ0v) is 9.88. The highest BCUT2D eigenvalue weighted by molar-refractivity contribution is 7.99. The van der Waals surface area contributed by atoms with Crippen molar-refractivity contribution in [1.29, 1.82) is 0 Å². The average Bonchev–Trinajstić information content (AvgIpc) is 2.28. The van der Waals surface area contributed by atoms with Crippen LogP contribution < -0.4 is 5.32 Å². The van der Waals surface area contributed by atoms with Crippen molar-refractivity contribution in [1.82, 2.24) is 5.32 Å². The predicted octanol–water partition coefficient (Wildman–Crippen LogP) is 1.72. The third kappa shape index (κ3) is 4.02. The molecule has 1 aromatic rings. The Morgan fingerprint density at radius 2 is 2.19 bits per heavy atom. The molecule has 0 spiro atoms. The van der Waals surface area contributed by atoms with Gasteiger partial charge >= 0.3 is 0 Å². The van der Waals surface area contributed by atoms with Crippen LogP contribution in [0.2, 0.25) is 0 Å². The van der Waals surface area contributed by atoms with Crippen molar-refractivity contribution < 1.29 is 15.0 Å². The maximum Gasteiger partial charge on any atom is 0.219 e. The summed E-state index contributed by atoms with van der Waals surface area (Å²) in [5, 5.41) is 21.4. The van der Waals surface area contributed by atoms with E-state index in [2.05, 4.69) is 5.32 Å². The zero-order valence-electron chi connectivity index (χ0n) is 9.06. The first-order valence-electron chi connectivity index (χ1n) is 5.05. The summed E-state index contributed by atoms with van der Waals surface area (Å²) in [7, 11) is 0. The number of phenolic OH excluding ortho intramolecular Hbond substituents is 2. The highest BCUT2D eigenvalue weighted by Crippen LogP contribution is 2.30. The van der Waals surface area contributed by atoms with Crippen LogP contribution in [0, 0.1) is 0 Å². The molecule has 16 heavy (non-hydrogen) atoms. The number of nitrogens with one attached hydrogen (secondary N) is 1. The van der Waals surface area contributed by atoms with Crippen LogP contribution in [0.3, 0.4) is 0 Å². The molecule has 3 N–H and O–H groups in total. The van der Waals surface area contributed by atoms with E-state index in [4.69, 9.17) is 0 Å². The van der Waals surface area contributed by atoms with Crippen molar-refractivity contribution in [3.63, 3.8) is 0 Å². The normalized spacial score (nSPS) is 10.1. The minimum Gasteiger partial charge on any atom is -0.508 e. The summed E-state index contributed by atoms with van der Waals surface area (Å²) < 4.78 is 0. The van der Waals surface area contributed by atoms with Crippen molar-refractivity contribution in [2.24, 2.45) is 0 Å². The minimum atomic E-state index is 0.0146. The van der Waals surface area contributed by atoms with Gasteiger partial charge in [0, 0.05) is 18.7 Å². The van der Waals surface area contributed by atoms with Gasteiger partial charge in [0.25, 0.3) is 0 Å². The van der Waals surface area contributed by atoms with E-state index in [1.165, 1.54) is 30.0 Å². The van der Waals surface area contributed by atoms with Crippen LogP contribution in [0.15, 0.2) is 23.1 Å². The third-order valence-electron chi connectivity index (χ3n) is 1.95. The Balaban J connectivity index is 2.37. The molecule has 0 fully saturated rings. The third-order valence-corrected chi connectivity index (χ3v) is 2.99. The van der Waals surface area contributed by atoms with Crippen LogP contribution in [-0.4, -0.2) is 28.4 Å². The van der Waals surface area contributed by atoms with Crippen LogP contribution in [0.1, 0.15) is 13.3 Å². The van der Waals surface area contributed by atoms with E-state index in [0.29, 0.717) is 23.6 Å². The SMILES string of the molecule is CCC(=O)NCCSc1cc(O)ccc1O. The van der Waals surface area contributed by atoms with E-state index in [1.54, 1.807) is 6.92 Å². The lowest BCUT2D eigenvalue weighted by molar-refractivity contribution is -0.120. The lowest BCUT2D eigenvalue weighted by atomic mass is 10.3. The largest absolute Gasteiger partial charge is 0.508 e. The number of aromatic hydroxyl groups is 2. The summed E-state index contributed by atoms with van der Waals surface area (Å²) in [6.07, 6.45) is 0.474. The van der Waals surface area contributed by atoms with Gasteiger partial charge in [-0.15, -0.1) is 11.8 Å². The first-order chi connectivity index (χ1) is 7.63. The maximum absolute atomic E-state index is 10.9. The summed E-state index contributed by atoms with van der Waals surface area (Å²) in [6.45, 7) is 2.34. The van der Waals surface area contributed by atoms with Gasteiger partial charge in [0.15, 0.2) is 0 Å². The molecule has 0 radical (unpaired) electrons. The second kappa shape index (κ2) is 6.27. The monoisotopic (exact) mass is 241 g/mol. The van der Waals surface area contributed by atoms with Crippen molar-refractivity contribution in [2.45, 2.75) is 18.2 Å². The van der Waals surface area contributed by atoms with E-state index in [9.17, 15) is 15.0 Å². The van der Waals surface area contributed by atoms with Crippen LogP contribution >= 0.6 is 11.8 Å². The van der Waals surface area contributed by atoms with Gasteiger partial charge in [0.05, 0.1) is 4.90 Å². The molecule has 0 unspecified atom stereocenters. The molecule has 0 aliphatic heterocycles. The molecule has 0 saturated carbocycles. The fourth-order valence-corrected chi connectivity index (χ4v) is 1.94. The molecule has 88 valence electrons. The summed E-state index contributed by atoms with van der Waals surface area (Å²) in [5.41, 5.74) is 0. The first-order valence-corrected chi connectivity index (χ1v) is 6.03. The van der Waals surface area contributed by atoms with Gasteiger partial charge in [-0.2, -0.15) is 0 Å². The summed E-state index contributed by atoms with van der Waals surface area (Å²) in [5.74, 6) is 0.936. The molecule has 0 aliphatic carbocycles. The first kappa shape index (κ1) is 12.7. The lowest BCUT2D eigenvalue weighted by Gasteiger charge is -2.05. The number of rotatable bonds is 5. The second-order valence-electron chi connectivity index (χ2n) is 3.20. The topological polar surface area (TPSA) is 69.6 Å². The van der Waals surface area contributed by atoms with Gasteiger partial charge in [0.1, 0.15) is 11.5 Å². The van der Waals surface area contributed by atoms with Crippen LogP contribution in [0.25, 0.3) is 0 Å². The van der Waals surface area contributed by atoms with Crippen molar-refractivity contribution in [3.8, 4) is 11.5 Å². The number of carbonyl (C=O) groups is 1. The van der Waals surface area contributed by atoms with Gasteiger partial charge in [-0.1, -0.05) is 6.92 Å². The van der Waals surface area contributed by atoms with Gasteiger partial charge < -0.3 is 15.5 Å². The Morgan fingerprint density at radius 3 is 2.88 bits per heavy atom. The highest BCUT2D eigenvalue weighted by Gasteiger charge is 2.03. The lowest BCUT2D eigenvalue weighted by Crippen LogP contribution is -2.24. The van der Waals surface area contributed by atoms with Crippen LogP contribution in [-0.2, 0) is 4.79 Å². The van der Waals surface area contributed by atoms with E-state index < -0.39 is 0 Å². The second-order valence-corrected chi connectivity index (χ2v) is 4.34. The van der Waals surface area contributed by atoms with E-state index in [-0.39, 0.29) is 17.4 Å². The molecular weight excluding hydrogens is 226 g/mol. The summed E-state index contributed by atoms with van der Waals surface area (Å²) in [4.78, 5) is 11.6. The highest BCUT2D eigenvalue weighted by atomic mass is 32.2. The molecule has 1 aromatic carbocycles. The Morgan fingerprint density at radius 1 is 1.44 bits per heavy atom. The standard InChI is InChI=1S/C11H15NO3S/c1-2-11(15)12-5-6-16-10-7-8(13)3-4-9(10)14/h3-4,7,13-14H,2,5-6H2,1H3,(H,12,15). The average molecular weight is 241 g/mol. The molecule has 0 bridgehead atoms. The smallest absolute Gasteiger partial charge is 0.219 e. The van der Waals surface area contributed by atoms with E-state index >= 15 is 0 Å². The molecule has 5 heteroatoms. The number of thioether (sulfide) groups is 1. The number of benzene rings is 1. The van der Waals surface area contributed by atoms with Crippen molar-refractivity contribution in [3.05, 3.63) is 18.2 Å². The fourth-order valence-electron chi connectivity index (χ4n) is 1.09. The minimum absolute atomic E-state index is 0.0146. The Kier molecular flexibility index (Phi) is 4.98. The molecule has 0 heterocycles. The number of hydrogen-bond donors (Lipinski definition) is 3. The molecule has 1 amide bonds. The molecule has 4 nitrogen and oxygen atoms in total. The Labute approximate surface area is 98.7 Å². The fraction of sp³-hybridized carbons (Fsp3) is 0.364. The quantitative estimate of drug-likeness (QED) is 0.417. The number of phenols is 2. The van der Waals surface area contributed by atoms with Crippen molar-refractivity contribution in [2.75, 3.05) is 12.3 Å². The summed E-state index contributed by atoms with van der Waals surface area (Å²) in [6, 6.07) is 4.38. The molecule has 0 saturated heterocycles. The Bertz CT molecular complexity index is 368. The van der Waals surface area contributed by atoms with E-state index in [1.807, 2.05) is 0 Å². The number of carbonyl (C=O) groups excluding carboxylic acids is 1. The maximum atomic E-state index is 10.9. The number of amides is 1. The van der Waals surface area contributed by atoms with Gasteiger partial charge in [0.2, 0.25) is 5.91 Å². The Hall–Kier alpha value is -1.36. The number of hydrogen-bond acceptors (Lipinski definition) is 4. The zero-order chi connectivity index (χ0) is 12.0. The molecule has 0 aromatic heterocycles. The molecular formula is C11H15NO3S. The predicted molar refractivity (Wildman–Crippen MR) is 63.8 cm³/mol. The molecule has 0 aliphatic rings. The molecule has 0 atom stereocenters. The van der Waals surface area contributed by atoms with Gasteiger partial charge in [-0.05, 0) is 18.2 Å². The van der Waals surface area contributed by atoms with E-state index in [0.717, 1.165) is 0 Å². The van der Waals surface area contributed by atoms with Crippen molar-refractivity contribution >= 4 is 17.7 Å². The van der Waals surface area contributed by atoms with Crippen LogP contribution in [0.4, 0.5) is 0 Å². The van der Waals surface area contributed by atoms with Crippen LogP contribution in [0.5, 0.6) is 11.5 Å². The molecule has 1 rings (SSSR count). The van der Waals surface area contributed by atoms with Gasteiger partial charge in [-0.3, -0.25) is 4.79 Å². The summed E-state index contributed by atoms with van der Waals surface area (Å²) >= 11 is 1.39. The van der Waals surface area contributed by atoms with Gasteiger partial charge in [-0.25, -0.2) is 0 Å².